The second kappa shape index (κ2) is 9.76. The van der Waals surface area contributed by atoms with E-state index in [0.717, 1.165) is 31.6 Å². The highest BCUT2D eigenvalue weighted by Gasteiger charge is 2.06. The summed E-state index contributed by atoms with van der Waals surface area (Å²) in [6, 6.07) is 15.2. The number of ether oxygens (including phenoxy) is 2. The molecule has 8 heteroatoms. The van der Waals surface area contributed by atoms with E-state index in [9.17, 15) is 4.79 Å². The van der Waals surface area contributed by atoms with Gasteiger partial charge < -0.3 is 14.0 Å². The van der Waals surface area contributed by atoms with Gasteiger partial charge in [-0.05, 0) is 71.4 Å². The zero-order chi connectivity index (χ0) is 20.8. The summed E-state index contributed by atoms with van der Waals surface area (Å²) in [4.78, 5) is 11.9. The minimum Gasteiger partial charge on any atom is -0.497 e. The first-order valence-corrected chi connectivity index (χ1v) is 10.3. The van der Waals surface area contributed by atoms with Crippen LogP contribution in [-0.4, -0.2) is 30.4 Å². The number of amides is 1. The normalized spacial score (nSPS) is 10.9. The SMILES string of the molecule is COc1ccc(-n2cc(/C=N/NC(=O)COc3ccc(Br)cc3Br)cc2C)cc1. The zero-order valence-corrected chi connectivity index (χ0v) is 19.0. The van der Waals surface area contributed by atoms with E-state index in [-0.39, 0.29) is 12.5 Å². The molecule has 29 heavy (non-hydrogen) atoms. The third-order valence-electron chi connectivity index (χ3n) is 4.04. The molecule has 1 N–H and O–H groups in total. The molecule has 0 atom stereocenters. The quantitative estimate of drug-likeness (QED) is 0.358. The maximum absolute atomic E-state index is 11.9. The Kier molecular flexibility index (Phi) is 7.11. The van der Waals surface area contributed by atoms with Crippen molar-refractivity contribution in [3.8, 4) is 17.2 Å². The van der Waals surface area contributed by atoms with Gasteiger partial charge in [-0.25, -0.2) is 5.43 Å². The number of aryl methyl sites for hydroxylation is 1. The molecule has 0 aliphatic heterocycles. The Hall–Kier alpha value is -2.58. The molecule has 0 aliphatic rings. The van der Waals surface area contributed by atoms with Crippen LogP contribution in [0.2, 0.25) is 0 Å². The summed E-state index contributed by atoms with van der Waals surface area (Å²) in [5.74, 6) is 1.04. The molecule has 0 saturated heterocycles. The van der Waals surface area contributed by atoms with Crippen molar-refractivity contribution in [2.75, 3.05) is 13.7 Å². The van der Waals surface area contributed by atoms with Gasteiger partial charge in [-0.1, -0.05) is 15.9 Å². The number of nitrogens with one attached hydrogen (secondary N) is 1. The van der Waals surface area contributed by atoms with E-state index in [0.29, 0.717) is 5.75 Å². The molecule has 0 unspecified atom stereocenters. The molecule has 3 rings (SSSR count). The molecular weight excluding hydrogens is 502 g/mol. The highest BCUT2D eigenvalue weighted by atomic mass is 79.9. The maximum atomic E-state index is 11.9. The first-order chi connectivity index (χ1) is 14.0. The average Bonchev–Trinajstić information content (AvgIpc) is 3.08. The lowest BCUT2D eigenvalue weighted by Gasteiger charge is -2.07. The Morgan fingerprint density at radius 3 is 2.62 bits per heavy atom. The minimum atomic E-state index is -0.345. The number of rotatable bonds is 7. The van der Waals surface area contributed by atoms with E-state index >= 15 is 0 Å². The standard InChI is InChI=1S/C21H19Br2N3O3/c1-14-9-15(12-26(14)17-4-6-18(28-2)7-5-17)11-24-25-21(27)13-29-20-8-3-16(22)10-19(20)23/h3-12H,13H2,1-2H3,(H,25,27)/b24-11+. The summed E-state index contributed by atoms with van der Waals surface area (Å²) in [6.07, 6.45) is 3.54. The van der Waals surface area contributed by atoms with Crippen LogP contribution in [0.4, 0.5) is 0 Å². The van der Waals surface area contributed by atoms with Gasteiger partial charge in [0.2, 0.25) is 0 Å². The summed E-state index contributed by atoms with van der Waals surface area (Å²) in [5.41, 5.74) is 5.40. The lowest BCUT2D eigenvalue weighted by Crippen LogP contribution is -2.24. The van der Waals surface area contributed by atoms with E-state index in [4.69, 9.17) is 9.47 Å². The van der Waals surface area contributed by atoms with Crippen LogP contribution >= 0.6 is 31.9 Å². The largest absolute Gasteiger partial charge is 0.497 e. The van der Waals surface area contributed by atoms with Gasteiger partial charge in [0.15, 0.2) is 6.61 Å². The van der Waals surface area contributed by atoms with Crippen molar-refractivity contribution in [2.45, 2.75) is 6.92 Å². The highest BCUT2D eigenvalue weighted by molar-refractivity contribution is 9.11. The summed E-state index contributed by atoms with van der Waals surface area (Å²) >= 11 is 6.76. The van der Waals surface area contributed by atoms with E-state index in [1.807, 2.05) is 60.2 Å². The predicted octanol–water partition coefficient (Wildman–Crippen LogP) is 4.85. The van der Waals surface area contributed by atoms with E-state index < -0.39 is 0 Å². The Morgan fingerprint density at radius 2 is 1.93 bits per heavy atom. The molecule has 150 valence electrons. The number of hydrogen-bond donors (Lipinski definition) is 1. The second-order valence-corrected chi connectivity index (χ2v) is 7.91. The fourth-order valence-electron chi connectivity index (χ4n) is 2.64. The molecule has 1 heterocycles. The minimum absolute atomic E-state index is 0.135. The zero-order valence-electron chi connectivity index (χ0n) is 15.9. The Morgan fingerprint density at radius 1 is 1.17 bits per heavy atom. The van der Waals surface area contributed by atoms with E-state index in [1.54, 1.807) is 19.4 Å². The molecule has 0 spiro atoms. The molecule has 1 amide bonds. The fraction of sp³-hybridized carbons (Fsp3) is 0.143. The van der Waals surface area contributed by atoms with Crippen molar-refractivity contribution in [1.29, 1.82) is 0 Å². The van der Waals surface area contributed by atoms with Crippen molar-refractivity contribution in [2.24, 2.45) is 5.10 Å². The van der Waals surface area contributed by atoms with Crippen LogP contribution in [-0.2, 0) is 4.79 Å². The first-order valence-electron chi connectivity index (χ1n) is 8.69. The Bertz CT molecular complexity index is 1030. The maximum Gasteiger partial charge on any atom is 0.277 e. The monoisotopic (exact) mass is 519 g/mol. The van der Waals surface area contributed by atoms with Crippen LogP contribution in [0.25, 0.3) is 5.69 Å². The summed E-state index contributed by atoms with van der Waals surface area (Å²) in [7, 11) is 1.64. The van der Waals surface area contributed by atoms with Crippen molar-refractivity contribution < 1.29 is 14.3 Å². The van der Waals surface area contributed by atoms with Gasteiger partial charge in [-0.3, -0.25) is 4.79 Å². The first kappa shape index (κ1) is 21.1. The molecule has 0 saturated carbocycles. The van der Waals surface area contributed by atoms with Crippen molar-refractivity contribution in [3.05, 3.63) is 74.9 Å². The third-order valence-corrected chi connectivity index (χ3v) is 5.15. The lowest BCUT2D eigenvalue weighted by atomic mass is 10.3. The van der Waals surface area contributed by atoms with Crippen molar-refractivity contribution in [3.63, 3.8) is 0 Å². The number of methoxy groups -OCH3 is 1. The average molecular weight is 521 g/mol. The number of benzene rings is 2. The lowest BCUT2D eigenvalue weighted by molar-refractivity contribution is -0.123. The van der Waals surface area contributed by atoms with E-state index in [2.05, 4.69) is 42.4 Å². The van der Waals surface area contributed by atoms with E-state index in [1.165, 1.54) is 0 Å². The van der Waals surface area contributed by atoms with Crippen LogP contribution in [0.1, 0.15) is 11.3 Å². The number of nitrogens with zero attached hydrogens (tertiary/aromatic N) is 2. The fourth-order valence-corrected chi connectivity index (χ4v) is 3.80. The number of aromatic nitrogens is 1. The van der Waals surface area contributed by atoms with Gasteiger partial charge in [-0.2, -0.15) is 5.10 Å². The van der Waals surface area contributed by atoms with Gasteiger partial charge >= 0.3 is 0 Å². The second-order valence-electron chi connectivity index (χ2n) is 6.14. The summed E-state index contributed by atoms with van der Waals surface area (Å²) in [6.45, 7) is 1.87. The Balaban J connectivity index is 1.56. The molecule has 6 nitrogen and oxygen atoms in total. The van der Waals surface area contributed by atoms with Crippen LogP contribution in [0.5, 0.6) is 11.5 Å². The molecule has 1 aromatic heterocycles. The molecule has 0 fully saturated rings. The smallest absolute Gasteiger partial charge is 0.277 e. The van der Waals surface area contributed by atoms with Gasteiger partial charge in [0.05, 0.1) is 17.8 Å². The summed E-state index contributed by atoms with van der Waals surface area (Å²) < 4.78 is 14.4. The number of hydrazone groups is 1. The molecule has 0 aliphatic carbocycles. The number of halogens is 2. The van der Waals surface area contributed by atoms with Gasteiger partial charge in [0.25, 0.3) is 5.91 Å². The van der Waals surface area contributed by atoms with Crippen LogP contribution in [0.3, 0.4) is 0 Å². The molecular formula is C21H19Br2N3O3. The van der Waals surface area contributed by atoms with Crippen LogP contribution < -0.4 is 14.9 Å². The topological polar surface area (TPSA) is 64.8 Å². The molecule has 0 radical (unpaired) electrons. The number of hydrogen-bond acceptors (Lipinski definition) is 4. The van der Waals surface area contributed by atoms with Crippen LogP contribution in [0.15, 0.2) is 68.8 Å². The van der Waals surface area contributed by atoms with Gasteiger partial charge in [-0.15, -0.1) is 0 Å². The molecule has 3 aromatic rings. The van der Waals surface area contributed by atoms with Crippen LogP contribution in [0, 0.1) is 6.92 Å². The summed E-state index contributed by atoms with van der Waals surface area (Å²) in [5, 5.41) is 4.01. The third kappa shape index (κ3) is 5.71. The molecule has 0 bridgehead atoms. The number of carbonyl (C=O) groups is 1. The predicted molar refractivity (Wildman–Crippen MR) is 120 cm³/mol. The van der Waals surface area contributed by atoms with Crippen molar-refractivity contribution >= 4 is 44.0 Å². The van der Waals surface area contributed by atoms with Gasteiger partial charge in [0.1, 0.15) is 11.5 Å². The van der Waals surface area contributed by atoms with Gasteiger partial charge in [0, 0.05) is 27.6 Å². The molecule has 2 aromatic carbocycles. The highest BCUT2D eigenvalue weighted by Crippen LogP contribution is 2.28. The van der Waals surface area contributed by atoms with Crippen molar-refractivity contribution in [1.82, 2.24) is 9.99 Å². The number of carbonyl (C=O) groups excluding carboxylic acids is 1. The Labute approximate surface area is 185 Å².